The topological polar surface area (TPSA) is 55.2 Å². The number of nitro groups is 1. The predicted molar refractivity (Wildman–Crippen MR) is 72.7 cm³/mol. The molecule has 0 saturated heterocycles. The molecular weight excluding hydrogens is 279 g/mol. The number of hydrogen-bond donors (Lipinski definition) is 1. The summed E-state index contributed by atoms with van der Waals surface area (Å²) in [7, 11) is 0. The van der Waals surface area contributed by atoms with Crippen LogP contribution >= 0.6 is 23.4 Å². The highest BCUT2D eigenvalue weighted by molar-refractivity contribution is 7.99. The van der Waals surface area contributed by atoms with Crippen LogP contribution in [0, 0.1) is 28.3 Å². The summed E-state index contributed by atoms with van der Waals surface area (Å²) in [4.78, 5) is 10.1. The molecule has 0 atom stereocenters. The Morgan fingerprint density at radius 1 is 1.61 bits per heavy atom. The Bertz CT molecular complexity index is 491. The molecule has 0 radical (unpaired) electrons. The molecular formula is C11H10ClFN2O2S. The minimum Gasteiger partial charge on any atom is -0.379 e. The molecule has 1 N–H and O–H groups in total. The second-order valence-corrected chi connectivity index (χ2v) is 4.74. The summed E-state index contributed by atoms with van der Waals surface area (Å²) in [6.45, 7) is 0.481. The third-order valence-corrected chi connectivity index (χ3v) is 3.14. The molecule has 0 amide bonds. The fourth-order valence-electron chi connectivity index (χ4n) is 1.22. The van der Waals surface area contributed by atoms with Crippen molar-refractivity contribution in [2.45, 2.75) is 0 Å². The molecule has 1 aromatic carbocycles. The summed E-state index contributed by atoms with van der Waals surface area (Å²) >= 11 is 7.10. The minimum absolute atomic E-state index is 0.153. The van der Waals surface area contributed by atoms with Crippen LogP contribution < -0.4 is 5.32 Å². The van der Waals surface area contributed by atoms with Crippen molar-refractivity contribution in [3.05, 3.63) is 33.1 Å². The highest BCUT2D eigenvalue weighted by Crippen LogP contribution is 2.30. The first-order valence-corrected chi connectivity index (χ1v) is 6.48. The van der Waals surface area contributed by atoms with Crippen LogP contribution in [-0.2, 0) is 0 Å². The molecule has 0 heterocycles. The average Bonchev–Trinajstić information content (AvgIpc) is 2.32. The van der Waals surface area contributed by atoms with E-state index in [0.29, 0.717) is 18.1 Å². The summed E-state index contributed by atoms with van der Waals surface area (Å²) in [5.74, 6) is 2.93. The molecule has 1 rings (SSSR count). The van der Waals surface area contributed by atoms with Crippen LogP contribution in [0.25, 0.3) is 0 Å². The van der Waals surface area contributed by atoms with Crippen molar-refractivity contribution < 1.29 is 9.31 Å². The van der Waals surface area contributed by atoms with Gasteiger partial charge in [0.1, 0.15) is 11.5 Å². The van der Waals surface area contributed by atoms with Gasteiger partial charge in [-0.15, -0.1) is 18.2 Å². The number of terminal acetylenes is 1. The van der Waals surface area contributed by atoms with Gasteiger partial charge < -0.3 is 5.32 Å². The van der Waals surface area contributed by atoms with Gasteiger partial charge in [0.25, 0.3) is 5.69 Å². The SMILES string of the molecule is C#CCSCCNc1cc(Cl)c(F)cc1[N+](=O)[O-]. The second-order valence-electron chi connectivity index (χ2n) is 3.22. The van der Waals surface area contributed by atoms with Gasteiger partial charge in [-0.2, -0.15) is 0 Å². The lowest BCUT2D eigenvalue weighted by Gasteiger charge is -2.07. The van der Waals surface area contributed by atoms with Crippen molar-refractivity contribution in [2.24, 2.45) is 0 Å². The molecule has 0 fully saturated rings. The number of thioether (sulfide) groups is 1. The van der Waals surface area contributed by atoms with Crippen molar-refractivity contribution in [2.75, 3.05) is 23.4 Å². The standard InChI is InChI=1S/C11H10ClFN2O2S/c1-2-4-18-5-3-14-10-6-8(12)9(13)7-11(10)15(16)17/h1,6-7,14H,3-5H2. The van der Waals surface area contributed by atoms with E-state index in [1.54, 1.807) is 0 Å². The van der Waals surface area contributed by atoms with Crippen LogP contribution in [0.15, 0.2) is 12.1 Å². The Balaban J connectivity index is 2.72. The molecule has 0 saturated carbocycles. The van der Waals surface area contributed by atoms with Crippen molar-refractivity contribution in [1.82, 2.24) is 0 Å². The van der Waals surface area contributed by atoms with Gasteiger partial charge in [-0.25, -0.2) is 4.39 Å². The number of anilines is 1. The third-order valence-electron chi connectivity index (χ3n) is 1.98. The fourth-order valence-corrected chi connectivity index (χ4v) is 1.89. The van der Waals surface area contributed by atoms with E-state index in [1.165, 1.54) is 17.8 Å². The van der Waals surface area contributed by atoms with Gasteiger partial charge in [0.05, 0.1) is 21.8 Å². The van der Waals surface area contributed by atoms with Crippen LogP contribution in [-0.4, -0.2) is 23.0 Å². The van der Waals surface area contributed by atoms with E-state index in [2.05, 4.69) is 11.2 Å². The maximum Gasteiger partial charge on any atom is 0.295 e. The first kappa shape index (κ1) is 14.6. The fraction of sp³-hybridized carbons (Fsp3) is 0.273. The molecule has 0 aliphatic rings. The zero-order valence-electron chi connectivity index (χ0n) is 9.28. The Labute approximate surface area is 113 Å². The van der Waals surface area contributed by atoms with E-state index in [9.17, 15) is 14.5 Å². The minimum atomic E-state index is -0.810. The largest absolute Gasteiger partial charge is 0.379 e. The van der Waals surface area contributed by atoms with Gasteiger partial charge in [0, 0.05) is 12.3 Å². The third kappa shape index (κ3) is 4.09. The number of benzene rings is 1. The van der Waals surface area contributed by atoms with Crippen LogP contribution in [0.1, 0.15) is 0 Å². The number of nitrogens with zero attached hydrogens (tertiary/aromatic N) is 1. The summed E-state index contributed by atoms with van der Waals surface area (Å²) in [5.41, 5.74) is -0.133. The van der Waals surface area contributed by atoms with Crippen LogP contribution in [0.5, 0.6) is 0 Å². The molecule has 4 nitrogen and oxygen atoms in total. The lowest BCUT2D eigenvalue weighted by Crippen LogP contribution is -2.07. The van der Waals surface area contributed by atoms with E-state index in [-0.39, 0.29) is 16.4 Å². The second kappa shape index (κ2) is 7.09. The predicted octanol–water partition coefficient (Wildman–Crippen LogP) is 3.17. The summed E-state index contributed by atoms with van der Waals surface area (Å²) in [6, 6.07) is 2.01. The van der Waals surface area contributed by atoms with E-state index < -0.39 is 10.7 Å². The highest BCUT2D eigenvalue weighted by atomic mass is 35.5. The van der Waals surface area contributed by atoms with E-state index in [1.807, 2.05) is 0 Å². The molecule has 0 bridgehead atoms. The van der Waals surface area contributed by atoms with Gasteiger partial charge in [0.2, 0.25) is 0 Å². The van der Waals surface area contributed by atoms with Crippen LogP contribution in [0.2, 0.25) is 5.02 Å². The van der Waals surface area contributed by atoms with Crippen LogP contribution in [0.3, 0.4) is 0 Å². The number of rotatable bonds is 6. The Morgan fingerprint density at radius 3 is 2.94 bits per heavy atom. The normalized spacial score (nSPS) is 9.83. The van der Waals surface area contributed by atoms with E-state index in [0.717, 1.165) is 6.07 Å². The molecule has 0 aliphatic carbocycles. The molecule has 7 heteroatoms. The zero-order valence-corrected chi connectivity index (χ0v) is 10.9. The van der Waals surface area contributed by atoms with Gasteiger partial charge in [-0.1, -0.05) is 17.5 Å². The number of halogens is 2. The summed E-state index contributed by atoms with van der Waals surface area (Å²) < 4.78 is 13.1. The quantitative estimate of drug-likeness (QED) is 0.378. The number of hydrogen-bond acceptors (Lipinski definition) is 4. The Kier molecular flexibility index (Phi) is 5.75. The number of nitrogens with one attached hydrogen (secondary N) is 1. The average molecular weight is 289 g/mol. The lowest BCUT2D eigenvalue weighted by molar-refractivity contribution is -0.384. The van der Waals surface area contributed by atoms with Crippen molar-refractivity contribution >= 4 is 34.7 Å². The van der Waals surface area contributed by atoms with E-state index >= 15 is 0 Å². The molecule has 0 unspecified atom stereocenters. The van der Waals surface area contributed by atoms with Gasteiger partial charge >= 0.3 is 0 Å². The van der Waals surface area contributed by atoms with E-state index in [4.69, 9.17) is 18.0 Å². The lowest BCUT2D eigenvalue weighted by atomic mass is 10.2. The van der Waals surface area contributed by atoms with Crippen molar-refractivity contribution in [3.8, 4) is 12.3 Å². The summed E-state index contributed by atoms with van der Waals surface area (Å²) in [6.07, 6.45) is 5.08. The molecule has 96 valence electrons. The maximum atomic E-state index is 13.1. The Hall–Kier alpha value is -1.45. The first-order valence-electron chi connectivity index (χ1n) is 4.94. The summed E-state index contributed by atoms with van der Waals surface area (Å²) in [5, 5.41) is 13.4. The molecule has 18 heavy (non-hydrogen) atoms. The maximum absolute atomic E-state index is 13.1. The highest BCUT2D eigenvalue weighted by Gasteiger charge is 2.17. The van der Waals surface area contributed by atoms with Crippen molar-refractivity contribution in [1.29, 1.82) is 0 Å². The van der Waals surface area contributed by atoms with Gasteiger partial charge in [0.15, 0.2) is 0 Å². The zero-order chi connectivity index (χ0) is 13.5. The smallest absolute Gasteiger partial charge is 0.295 e. The van der Waals surface area contributed by atoms with Gasteiger partial charge in [-0.05, 0) is 6.07 Å². The van der Waals surface area contributed by atoms with Gasteiger partial charge in [-0.3, -0.25) is 10.1 Å². The van der Waals surface area contributed by atoms with Crippen molar-refractivity contribution in [3.63, 3.8) is 0 Å². The number of nitro benzene ring substituents is 1. The molecule has 0 spiro atoms. The molecule has 0 aliphatic heterocycles. The molecule has 1 aromatic rings. The van der Waals surface area contributed by atoms with Crippen LogP contribution in [0.4, 0.5) is 15.8 Å². The first-order chi connectivity index (χ1) is 8.56. The Morgan fingerprint density at radius 2 is 2.33 bits per heavy atom. The molecule has 0 aromatic heterocycles. The monoisotopic (exact) mass is 288 g/mol.